The third-order valence-electron chi connectivity index (χ3n) is 15.6. The van der Waals surface area contributed by atoms with Crippen LogP contribution in [0.15, 0.2) is 231 Å². The molecular weight excluding hydrogens is 893 g/mol. The summed E-state index contributed by atoms with van der Waals surface area (Å²) in [4.78, 5) is 10.4. The van der Waals surface area contributed by atoms with Gasteiger partial charge in [-0.15, -0.1) is 0 Å². The highest BCUT2D eigenvalue weighted by Gasteiger charge is 2.52. The van der Waals surface area contributed by atoms with Crippen molar-refractivity contribution >= 4 is 65.4 Å². The first-order valence-corrected chi connectivity index (χ1v) is 24.6. The van der Waals surface area contributed by atoms with Crippen molar-refractivity contribution in [1.29, 1.82) is 5.26 Å². The second-order valence-electron chi connectivity index (χ2n) is 19.2. The van der Waals surface area contributed by atoms with Crippen molar-refractivity contribution in [3.8, 4) is 57.1 Å². The van der Waals surface area contributed by atoms with Gasteiger partial charge in [0.2, 0.25) is 0 Å². The lowest BCUT2D eigenvalue weighted by Gasteiger charge is -2.39. The zero-order valence-corrected chi connectivity index (χ0v) is 39.0. The molecule has 0 radical (unpaired) electrons. The number of rotatable bonds is 4. The molecule has 0 N–H and O–H groups in total. The van der Waals surface area contributed by atoms with Crippen LogP contribution in [-0.4, -0.2) is 23.7 Å². The van der Waals surface area contributed by atoms with E-state index in [1.54, 1.807) is 0 Å². The summed E-state index contributed by atoms with van der Waals surface area (Å²) < 4.78 is 14.0. The van der Waals surface area contributed by atoms with E-state index in [9.17, 15) is 5.26 Å². The molecule has 14 aromatic rings. The number of aromatic nitrogens is 5. The quantitative estimate of drug-likeness (QED) is 0.176. The lowest BCUT2D eigenvalue weighted by Crippen LogP contribution is -2.32. The SMILES string of the molecule is N#Cc1ccc2c(c1)c1cc(-c3cnc4c(c3)C3(c5ccccc5Oc5cc(-n6c7ccccc7c7ccccc76)ccc53)c3cccnc3-4)ccc1n2-c1cccc(-n2c3ccccc3c3ccccc32)c1. The predicted octanol–water partition coefficient (Wildman–Crippen LogP) is 15.8. The fourth-order valence-corrected chi connectivity index (χ4v) is 12.6. The molecule has 1 spiro atoms. The van der Waals surface area contributed by atoms with E-state index in [1.165, 1.54) is 21.5 Å². The minimum absolute atomic E-state index is 0.612. The Labute approximate surface area is 418 Å². The van der Waals surface area contributed by atoms with Gasteiger partial charge in [0.15, 0.2) is 0 Å². The molecule has 1 aliphatic carbocycles. The van der Waals surface area contributed by atoms with E-state index in [1.807, 2.05) is 36.7 Å². The fourth-order valence-electron chi connectivity index (χ4n) is 12.6. The second-order valence-corrected chi connectivity index (χ2v) is 19.2. The molecule has 2 aliphatic rings. The summed E-state index contributed by atoms with van der Waals surface area (Å²) in [6.45, 7) is 0. The highest BCUT2D eigenvalue weighted by Crippen LogP contribution is 2.62. The molecule has 7 heteroatoms. The molecule has 1 unspecified atom stereocenters. The summed E-state index contributed by atoms with van der Waals surface area (Å²) in [6.07, 6.45) is 3.86. The van der Waals surface area contributed by atoms with Crippen LogP contribution in [-0.2, 0) is 5.41 Å². The van der Waals surface area contributed by atoms with Crippen LogP contribution in [0.25, 0.3) is 105 Å². The zero-order chi connectivity index (χ0) is 47.9. The first-order valence-electron chi connectivity index (χ1n) is 24.6. The van der Waals surface area contributed by atoms with Crippen LogP contribution in [0.5, 0.6) is 11.5 Å². The van der Waals surface area contributed by atoms with Gasteiger partial charge in [0, 0.05) is 90.1 Å². The maximum atomic E-state index is 10.2. The number of ether oxygens (including phenoxy) is 1. The second kappa shape index (κ2) is 14.8. The van der Waals surface area contributed by atoms with Crippen LogP contribution in [0.3, 0.4) is 0 Å². The summed E-state index contributed by atoms with van der Waals surface area (Å²) >= 11 is 0. The molecule has 9 aromatic carbocycles. The lowest BCUT2D eigenvalue weighted by molar-refractivity contribution is 0.436. The number of para-hydroxylation sites is 5. The summed E-state index contributed by atoms with van der Waals surface area (Å²) in [5.41, 5.74) is 17.5. The van der Waals surface area contributed by atoms with E-state index in [-0.39, 0.29) is 0 Å². The summed E-state index contributed by atoms with van der Waals surface area (Å²) in [6, 6.07) is 80.0. The lowest BCUT2D eigenvalue weighted by atomic mass is 9.66. The van der Waals surface area contributed by atoms with Gasteiger partial charge in [-0.2, -0.15) is 5.26 Å². The van der Waals surface area contributed by atoms with Crippen LogP contribution < -0.4 is 4.74 Å². The zero-order valence-electron chi connectivity index (χ0n) is 39.0. The Morgan fingerprint density at radius 2 is 0.904 bits per heavy atom. The van der Waals surface area contributed by atoms with Gasteiger partial charge < -0.3 is 18.4 Å². The molecule has 0 fully saturated rings. The maximum Gasteiger partial charge on any atom is 0.134 e. The fraction of sp³-hybridized carbons (Fsp3) is 0.0152. The van der Waals surface area contributed by atoms with Crippen LogP contribution in [0.2, 0.25) is 0 Å². The molecule has 6 heterocycles. The Balaban J connectivity index is 0.887. The van der Waals surface area contributed by atoms with E-state index >= 15 is 0 Å². The highest BCUT2D eigenvalue weighted by atomic mass is 16.5. The first-order chi connectivity index (χ1) is 36.2. The van der Waals surface area contributed by atoms with E-state index in [0.29, 0.717) is 5.56 Å². The molecule has 1 aliphatic heterocycles. The summed E-state index contributed by atoms with van der Waals surface area (Å²) in [7, 11) is 0. The number of nitrogens with zero attached hydrogens (tertiary/aromatic N) is 6. The standard InChI is InChI=1S/C66H38N6O/c67-38-40-26-30-60-50(33-40)51-34-41(27-31-61(51)71(60)44-14-11-13-43(36-44)70-56-21-6-1-15-46(56)47-16-2-7-22-57(47)70)42-35-55-65(69-39-42)64-54(20-12-32-68-64)66(55)52-19-5-10-25-62(52)73-63-37-45(28-29-53(63)66)72-58-23-8-3-17-48(58)49-18-4-9-24-59(49)72/h1-37,39H. The van der Waals surface area contributed by atoms with Crippen molar-refractivity contribution in [2.45, 2.75) is 5.41 Å². The Bertz CT molecular complexity index is 4650. The minimum atomic E-state index is -0.783. The molecule has 0 bridgehead atoms. The molecule has 0 saturated heterocycles. The van der Waals surface area contributed by atoms with Crippen molar-refractivity contribution in [3.05, 3.63) is 259 Å². The number of benzene rings is 9. The summed E-state index contributed by atoms with van der Waals surface area (Å²) in [5, 5.41) is 17.1. The molecular formula is C66H38N6O. The van der Waals surface area contributed by atoms with Crippen LogP contribution in [0.1, 0.15) is 27.8 Å². The molecule has 7 nitrogen and oxygen atoms in total. The smallest absolute Gasteiger partial charge is 0.134 e. The largest absolute Gasteiger partial charge is 0.457 e. The van der Waals surface area contributed by atoms with E-state index in [2.05, 4.69) is 214 Å². The molecule has 1 atom stereocenters. The Morgan fingerprint density at radius 1 is 0.370 bits per heavy atom. The van der Waals surface area contributed by atoms with Gasteiger partial charge in [0.25, 0.3) is 0 Å². The van der Waals surface area contributed by atoms with Crippen molar-refractivity contribution in [3.63, 3.8) is 0 Å². The molecule has 5 aromatic heterocycles. The number of fused-ring (bicyclic) bond motifs is 18. The van der Waals surface area contributed by atoms with Crippen LogP contribution >= 0.6 is 0 Å². The van der Waals surface area contributed by atoms with Gasteiger partial charge in [-0.3, -0.25) is 9.97 Å². The van der Waals surface area contributed by atoms with Crippen molar-refractivity contribution in [1.82, 2.24) is 23.7 Å². The Morgan fingerprint density at radius 3 is 1.56 bits per heavy atom. The molecule has 73 heavy (non-hydrogen) atoms. The van der Waals surface area contributed by atoms with Gasteiger partial charge in [0.1, 0.15) is 11.5 Å². The van der Waals surface area contributed by atoms with E-state index in [4.69, 9.17) is 14.7 Å². The maximum absolute atomic E-state index is 10.2. The average Bonchev–Trinajstić information content (AvgIpc) is 4.17. The number of hydrogen-bond acceptors (Lipinski definition) is 4. The molecule has 16 rings (SSSR count). The first kappa shape index (κ1) is 39.8. The van der Waals surface area contributed by atoms with Gasteiger partial charge in [-0.1, -0.05) is 115 Å². The molecule has 338 valence electrons. The topological polar surface area (TPSA) is 73.6 Å². The highest BCUT2D eigenvalue weighted by molar-refractivity contribution is 6.12. The van der Waals surface area contributed by atoms with Crippen LogP contribution in [0, 0.1) is 11.3 Å². The van der Waals surface area contributed by atoms with Gasteiger partial charge >= 0.3 is 0 Å². The van der Waals surface area contributed by atoms with Gasteiger partial charge in [-0.05, 0) is 108 Å². The van der Waals surface area contributed by atoms with E-state index in [0.717, 1.165) is 117 Å². The summed E-state index contributed by atoms with van der Waals surface area (Å²) in [5.74, 6) is 1.59. The van der Waals surface area contributed by atoms with Crippen molar-refractivity contribution in [2.24, 2.45) is 0 Å². The average molecular weight is 931 g/mol. The molecule has 0 saturated carbocycles. The Hall–Kier alpha value is -10.0. The van der Waals surface area contributed by atoms with Gasteiger partial charge in [0.05, 0.1) is 61.5 Å². The monoisotopic (exact) mass is 930 g/mol. The minimum Gasteiger partial charge on any atom is -0.457 e. The Kier molecular flexibility index (Phi) is 8.04. The van der Waals surface area contributed by atoms with Crippen molar-refractivity contribution < 1.29 is 4.74 Å². The predicted molar refractivity (Wildman–Crippen MR) is 293 cm³/mol. The normalized spacial score (nSPS) is 14.5. The van der Waals surface area contributed by atoms with Crippen molar-refractivity contribution in [2.75, 3.05) is 0 Å². The third-order valence-corrected chi connectivity index (χ3v) is 15.6. The van der Waals surface area contributed by atoms with Crippen LogP contribution in [0.4, 0.5) is 0 Å². The van der Waals surface area contributed by atoms with E-state index < -0.39 is 5.41 Å². The number of nitriles is 1. The number of hydrogen-bond donors (Lipinski definition) is 0. The molecule has 0 amide bonds. The number of pyridine rings is 2. The van der Waals surface area contributed by atoms with Gasteiger partial charge in [-0.25, -0.2) is 0 Å². The third kappa shape index (κ3) is 5.36.